The minimum Gasteiger partial charge on any atom is -0.381 e. The summed E-state index contributed by atoms with van der Waals surface area (Å²) in [7, 11) is 1.61. The summed E-state index contributed by atoms with van der Waals surface area (Å²) in [4.78, 5) is 11.6. The lowest BCUT2D eigenvalue weighted by Gasteiger charge is -2.09. The van der Waals surface area contributed by atoms with E-state index < -0.39 is 0 Å². The minimum atomic E-state index is -0.116. The van der Waals surface area contributed by atoms with Crippen LogP contribution in [0, 0.1) is 0 Å². The van der Waals surface area contributed by atoms with Crippen LogP contribution in [-0.2, 0) is 6.54 Å². The van der Waals surface area contributed by atoms with E-state index in [1.165, 1.54) is 0 Å². The predicted octanol–water partition coefficient (Wildman–Crippen LogP) is 3.97. The number of carbonyl (C=O) groups excluding carboxylic acids is 1. The quantitative estimate of drug-likeness (QED) is 0.897. The van der Waals surface area contributed by atoms with E-state index in [0.29, 0.717) is 22.2 Å². The van der Waals surface area contributed by atoms with Crippen LogP contribution in [0.25, 0.3) is 0 Å². The number of benzene rings is 2. The minimum absolute atomic E-state index is 0.116. The van der Waals surface area contributed by atoms with Gasteiger partial charge in [-0.05, 0) is 42.0 Å². The first kappa shape index (κ1) is 14.7. The van der Waals surface area contributed by atoms with Crippen molar-refractivity contribution in [3.05, 3.63) is 63.6 Å². The fourth-order valence-corrected chi connectivity index (χ4v) is 2.17. The molecule has 0 aliphatic heterocycles. The highest BCUT2D eigenvalue weighted by molar-refractivity contribution is 6.33. The molecule has 0 bridgehead atoms. The molecule has 3 nitrogen and oxygen atoms in total. The van der Waals surface area contributed by atoms with E-state index in [2.05, 4.69) is 10.6 Å². The normalized spacial score (nSPS) is 10.2. The largest absolute Gasteiger partial charge is 0.381 e. The molecule has 2 N–H and O–H groups in total. The summed E-state index contributed by atoms with van der Waals surface area (Å²) < 4.78 is 0. The Kier molecular flexibility index (Phi) is 4.88. The number of anilines is 1. The molecule has 0 heterocycles. The van der Waals surface area contributed by atoms with Crippen molar-refractivity contribution in [3.8, 4) is 0 Å². The molecule has 104 valence electrons. The number of hydrogen-bond acceptors (Lipinski definition) is 2. The molecular formula is C15H14Cl2N2O. The second-order valence-electron chi connectivity index (χ2n) is 4.25. The van der Waals surface area contributed by atoms with E-state index in [9.17, 15) is 4.79 Å². The van der Waals surface area contributed by atoms with Crippen molar-refractivity contribution >= 4 is 34.8 Å². The van der Waals surface area contributed by atoms with Crippen molar-refractivity contribution in [3.63, 3.8) is 0 Å². The van der Waals surface area contributed by atoms with Gasteiger partial charge in [-0.2, -0.15) is 0 Å². The summed E-state index contributed by atoms with van der Waals surface area (Å²) in [6.45, 7) is 0.538. The first-order chi connectivity index (χ1) is 9.60. The van der Waals surface area contributed by atoms with Gasteiger partial charge in [0.1, 0.15) is 0 Å². The number of nitrogens with one attached hydrogen (secondary N) is 2. The third-order valence-electron chi connectivity index (χ3n) is 2.84. The smallest absolute Gasteiger partial charge is 0.251 e. The standard InChI is InChI=1S/C15H14Cl2N2O/c1-18-15(20)10-3-2-4-13(8-10)19-9-11-7-12(16)5-6-14(11)17/h2-8,19H,9H2,1H3,(H,18,20). The van der Waals surface area contributed by atoms with Crippen LogP contribution >= 0.6 is 23.2 Å². The molecule has 0 saturated heterocycles. The molecule has 2 rings (SSSR count). The topological polar surface area (TPSA) is 41.1 Å². The average Bonchev–Trinajstić information content (AvgIpc) is 2.47. The molecule has 0 aromatic heterocycles. The summed E-state index contributed by atoms with van der Waals surface area (Å²) in [5.74, 6) is -0.116. The molecular weight excluding hydrogens is 295 g/mol. The Morgan fingerprint density at radius 2 is 1.95 bits per heavy atom. The maximum absolute atomic E-state index is 11.6. The van der Waals surface area contributed by atoms with Crippen LogP contribution in [0.4, 0.5) is 5.69 Å². The summed E-state index contributed by atoms with van der Waals surface area (Å²) >= 11 is 12.0. The van der Waals surface area contributed by atoms with Crippen LogP contribution in [-0.4, -0.2) is 13.0 Å². The number of amides is 1. The number of hydrogen-bond donors (Lipinski definition) is 2. The SMILES string of the molecule is CNC(=O)c1cccc(NCc2cc(Cl)ccc2Cl)c1. The second-order valence-corrected chi connectivity index (χ2v) is 5.09. The van der Waals surface area contributed by atoms with Crippen molar-refractivity contribution < 1.29 is 4.79 Å². The molecule has 5 heteroatoms. The molecule has 2 aromatic rings. The molecule has 0 aliphatic carbocycles. The number of rotatable bonds is 4. The van der Waals surface area contributed by atoms with Crippen LogP contribution < -0.4 is 10.6 Å². The highest BCUT2D eigenvalue weighted by atomic mass is 35.5. The van der Waals surface area contributed by atoms with E-state index in [1.807, 2.05) is 18.2 Å². The third kappa shape index (κ3) is 3.65. The Morgan fingerprint density at radius 3 is 2.70 bits per heavy atom. The van der Waals surface area contributed by atoms with E-state index in [1.54, 1.807) is 31.3 Å². The molecule has 0 fully saturated rings. The molecule has 20 heavy (non-hydrogen) atoms. The second kappa shape index (κ2) is 6.64. The van der Waals surface area contributed by atoms with Gasteiger partial charge in [0.15, 0.2) is 0 Å². The van der Waals surface area contributed by atoms with Crippen LogP contribution in [0.5, 0.6) is 0 Å². The Hall–Kier alpha value is -1.71. The first-order valence-electron chi connectivity index (χ1n) is 6.10. The maximum atomic E-state index is 11.6. The summed E-state index contributed by atoms with van der Waals surface area (Å²) in [6, 6.07) is 12.6. The van der Waals surface area contributed by atoms with E-state index in [0.717, 1.165) is 11.3 Å². The van der Waals surface area contributed by atoms with E-state index in [4.69, 9.17) is 23.2 Å². The van der Waals surface area contributed by atoms with Crippen molar-refractivity contribution in [2.75, 3.05) is 12.4 Å². The lowest BCUT2D eigenvalue weighted by Crippen LogP contribution is -2.17. The van der Waals surface area contributed by atoms with Gasteiger partial charge in [0.05, 0.1) is 0 Å². The Balaban J connectivity index is 2.11. The van der Waals surface area contributed by atoms with Crippen molar-refractivity contribution in [1.82, 2.24) is 5.32 Å². The van der Waals surface area contributed by atoms with Crippen LogP contribution in [0.3, 0.4) is 0 Å². The molecule has 0 aliphatic rings. The zero-order valence-corrected chi connectivity index (χ0v) is 12.4. The van der Waals surface area contributed by atoms with Gasteiger partial charge in [-0.3, -0.25) is 4.79 Å². The number of carbonyl (C=O) groups is 1. The average molecular weight is 309 g/mol. The van der Waals surface area contributed by atoms with Gasteiger partial charge < -0.3 is 10.6 Å². The lowest BCUT2D eigenvalue weighted by atomic mass is 10.1. The lowest BCUT2D eigenvalue weighted by molar-refractivity contribution is 0.0963. The van der Waals surface area contributed by atoms with Crippen molar-refractivity contribution in [1.29, 1.82) is 0 Å². The van der Waals surface area contributed by atoms with Crippen molar-refractivity contribution in [2.45, 2.75) is 6.54 Å². The predicted molar refractivity (Wildman–Crippen MR) is 83.6 cm³/mol. The van der Waals surface area contributed by atoms with Crippen LogP contribution in [0.1, 0.15) is 15.9 Å². The Bertz CT molecular complexity index is 629. The van der Waals surface area contributed by atoms with Gasteiger partial charge in [0.2, 0.25) is 0 Å². The molecule has 2 aromatic carbocycles. The number of halogens is 2. The summed E-state index contributed by atoms with van der Waals surface area (Å²) in [6.07, 6.45) is 0. The van der Waals surface area contributed by atoms with Gasteiger partial charge in [0, 0.05) is 34.9 Å². The van der Waals surface area contributed by atoms with Gasteiger partial charge in [-0.25, -0.2) is 0 Å². The van der Waals surface area contributed by atoms with Crippen molar-refractivity contribution in [2.24, 2.45) is 0 Å². The molecule has 0 unspecified atom stereocenters. The van der Waals surface area contributed by atoms with E-state index >= 15 is 0 Å². The Morgan fingerprint density at radius 1 is 1.15 bits per heavy atom. The molecule has 0 spiro atoms. The highest BCUT2D eigenvalue weighted by Crippen LogP contribution is 2.22. The van der Waals surface area contributed by atoms with Gasteiger partial charge in [-0.1, -0.05) is 29.3 Å². The molecule has 0 atom stereocenters. The van der Waals surface area contributed by atoms with Gasteiger partial charge in [0.25, 0.3) is 5.91 Å². The van der Waals surface area contributed by atoms with Gasteiger partial charge in [-0.15, -0.1) is 0 Å². The van der Waals surface area contributed by atoms with Crippen LogP contribution in [0.2, 0.25) is 10.0 Å². The van der Waals surface area contributed by atoms with Crippen LogP contribution in [0.15, 0.2) is 42.5 Å². The summed E-state index contributed by atoms with van der Waals surface area (Å²) in [5, 5.41) is 7.12. The fraction of sp³-hybridized carbons (Fsp3) is 0.133. The zero-order valence-electron chi connectivity index (χ0n) is 10.9. The first-order valence-corrected chi connectivity index (χ1v) is 6.85. The zero-order chi connectivity index (χ0) is 14.5. The van der Waals surface area contributed by atoms with Gasteiger partial charge >= 0.3 is 0 Å². The van der Waals surface area contributed by atoms with E-state index in [-0.39, 0.29) is 5.91 Å². The maximum Gasteiger partial charge on any atom is 0.251 e. The third-order valence-corrected chi connectivity index (χ3v) is 3.45. The molecule has 1 amide bonds. The molecule has 0 radical (unpaired) electrons. The monoisotopic (exact) mass is 308 g/mol. The fourth-order valence-electron chi connectivity index (χ4n) is 1.79. The Labute approximate surface area is 127 Å². The molecule has 0 saturated carbocycles. The summed E-state index contributed by atoms with van der Waals surface area (Å²) in [5.41, 5.74) is 2.36. The highest BCUT2D eigenvalue weighted by Gasteiger charge is 2.05.